The third-order valence-corrected chi connectivity index (χ3v) is 6.88. The molecule has 0 N–H and O–H groups in total. The fourth-order valence-corrected chi connectivity index (χ4v) is 5.31. The molecular weight excluding hydrogens is 436 g/mol. The van der Waals surface area contributed by atoms with Crippen LogP contribution in [0, 0.1) is 6.92 Å². The molecule has 0 unspecified atom stereocenters. The van der Waals surface area contributed by atoms with E-state index in [-0.39, 0.29) is 12.3 Å². The Hall–Kier alpha value is -3.99. The van der Waals surface area contributed by atoms with Gasteiger partial charge >= 0.3 is 0 Å². The van der Waals surface area contributed by atoms with Crippen LogP contribution in [0.2, 0.25) is 0 Å². The zero-order chi connectivity index (χ0) is 24.9. The predicted molar refractivity (Wildman–Crippen MR) is 137 cm³/mol. The molecule has 2 aliphatic heterocycles. The highest BCUT2D eigenvalue weighted by Gasteiger charge is 2.47. The minimum Gasteiger partial charge on any atom is -0.301 e. The van der Waals surface area contributed by atoms with Gasteiger partial charge in [0.25, 0.3) is 17.7 Å². The Labute approximate surface area is 205 Å². The molecule has 5 heteroatoms. The molecule has 0 aromatic heterocycles. The van der Waals surface area contributed by atoms with E-state index in [1.807, 2.05) is 70.2 Å². The van der Waals surface area contributed by atoms with Crippen molar-refractivity contribution in [3.05, 3.63) is 107 Å². The van der Waals surface area contributed by atoms with Gasteiger partial charge in [-0.3, -0.25) is 19.3 Å². The summed E-state index contributed by atoms with van der Waals surface area (Å²) in [6.07, 6.45) is 2.32. The van der Waals surface area contributed by atoms with Crippen molar-refractivity contribution in [2.24, 2.45) is 0 Å². The van der Waals surface area contributed by atoms with E-state index >= 15 is 0 Å². The second kappa shape index (κ2) is 8.35. The quantitative estimate of drug-likeness (QED) is 0.484. The molecule has 0 spiro atoms. The smallest absolute Gasteiger partial charge is 0.262 e. The first kappa shape index (κ1) is 22.8. The van der Waals surface area contributed by atoms with Crippen LogP contribution < -0.4 is 4.90 Å². The summed E-state index contributed by atoms with van der Waals surface area (Å²) in [4.78, 5) is 44.3. The molecule has 0 saturated carbocycles. The van der Waals surface area contributed by atoms with E-state index in [2.05, 4.69) is 12.1 Å². The SMILES string of the molecule is CC1=CC(C)(C)N(C(=O)[C@@H](Cc2ccccc2)N2C(=O)c3ccccc3C2=O)c2ccc(C)cc21. The maximum Gasteiger partial charge on any atom is 0.262 e. The minimum atomic E-state index is -0.981. The number of aryl methyl sites for hydroxylation is 1. The molecule has 2 aliphatic rings. The normalized spacial score (nSPS) is 17.1. The molecule has 0 aliphatic carbocycles. The lowest BCUT2D eigenvalue weighted by Gasteiger charge is -2.44. The largest absolute Gasteiger partial charge is 0.301 e. The molecule has 0 fully saturated rings. The standard InChI is InChI=1S/C30H28N2O3/c1-19-14-15-25-24(16-19)20(2)18-30(3,4)32(25)29(35)26(17-21-10-6-5-7-11-21)31-27(33)22-12-8-9-13-23(22)28(31)34/h5-16,18,26H,17H2,1-4H3/t26-/m1/s1. The van der Waals surface area contributed by atoms with Crippen LogP contribution in [0.25, 0.3) is 5.57 Å². The van der Waals surface area contributed by atoms with E-state index in [0.29, 0.717) is 11.1 Å². The van der Waals surface area contributed by atoms with Crippen molar-refractivity contribution in [1.29, 1.82) is 0 Å². The van der Waals surface area contributed by atoms with Crippen LogP contribution in [0.3, 0.4) is 0 Å². The second-order valence-electron chi connectivity index (χ2n) is 9.91. The number of rotatable bonds is 4. The summed E-state index contributed by atoms with van der Waals surface area (Å²) in [5.41, 5.74) is 4.90. The summed E-state index contributed by atoms with van der Waals surface area (Å²) in [7, 11) is 0. The van der Waals surface area contributed by atoms with Crippen LogP contribution in [-0.2, 0) is 11.2 Å². The average molecular weight is 465 g/mol. The highest BCUT2D eigenvalue weighted by atomic mass is 16.2. The molecule has 0 radical (unpaired) electrons. The lowest BCUT2D eigenvalue weighted by Crippen LogP contribution is -2.58. The fraction of sp³-hybridized carbons (Fsp3) is 0.233. The second-order valence-corrected chi connectivity index (χ2v) is 9.91. The molecule has 2 heterocycles. The van der Waals surface area contributed by atoms with E-state index in [4.69, 9.17) is 0 Å². The first-order valence-electron chi connectivity index (χ1n) is 11.8. The van der Waals surface area contributed by atoms with Crippen LogP contribution in [0.1, 0.15) is 58.2 Å². The number of fused-ring (bicyclic) bond motifs is 2. The van der Waals surface area contributed by atoms with Crippen molar-refractivity contribution in [2.75, 3.05) is 4.90 Å². The zero-order valence-corrected chi connectivity index (χ0v) is 20.4. The van der Waals surface area contributed by atoms with Gasteiger partial charge in [-0.2, -0.15) is 0 Å². The lowest BCUT2D eigenvalue weighted by molar-refractivity contribution is -0.123. The zero-order valence-electron chi connectivity index (χ0n) is 20.4. The number of amides is 3. The molecule has 35 heavy (non-hydrogen) atoms. The molecule has 5 rings (SSSR count). The predicted octanol–water partition coefficient (Wildman–Crippen LogP) is 5.43. The Balaban J connectivity index is 1.63. The van der Waals surface area contributed by atoms with Crippen LogP contribution in [0.5, 0.6) is 0 Å². The van der Waals surface area contributed by atoms with Gasteiger partial charge in [0.15, 0.2) is 0 Å². The highest BCUT2D eigenvalue weighted by molar-refractivity contribution is 6.23. The Kier molecular flexibility index (Phi) is 5.43. The molecule has 0 bridgehead atoms. The number of anilines is 1. The number of nitrogens with zero attached hydrogens (tertiary/aromatic N) is 2. The van der Waals surface area contributed by atoms with Crippen molar-refractivity contribution in [3.8, 4) is 0 Å². The highest BCUT2D eigenvalue weighted by Crippen LogP contribution is 2.40. The Morgan fingerprint density at radius 2 is 1.43 bits per heavy atom. The number of hydrogen-bond acceptors (Lipinski definition) is 3. The topological polar surface area (TPSA) is 57.7 Å². The number of allylic oxidation sites excluding steroid dienone is 1. The van der Waals surface area contributed by atoms with Gasteiger partial charge < -0.3 is 4.90 Å². The third kappa shape index (κ3) is 3.77. The van der Waals surface area contributed by atoms with Crippen molar-refractivity contribution < 1.29 is 14.4 Å². The summed E-state index contributed by atoms with van der Waals surface area (Å²) < 4.78 is 0. The number of carbonyl (C=O) groups is 3. The van der Waals surface area contributed by atoms with Crippen molar-refractivity contribution in [1.82, 2.24) is 4.90 Å². The number of hydrogen-bond donors (Lipinski definition) is 0. The number of benzene rings is 3. The molecule has 3 aromatic carbocycles. The van der Waals surface area contributed by atoms with E-state index in [0.717, 1.165) is 32.9 Å². The summed E-state index contributed by atoms with van der Waals surface area (Å²) in [5, 5.41) is 0. The summed E-state index contributed by atoms with van der Waals surface area (Å²) in [6.45, 7) is 8.04. The summed E-state index contributed by atoms with van der Waals surface area (Å²) in [5.74, 6) is -1.13. The van der Waals surface area contributed by atoms with E-state index in [9.17, 15) is 14.4 Å². The number of carbonyl (C=O) groups excluding carboxylic acids is 3. The molecule has 3 aromatic rings. The van der Waals surface area contributed by atoms with E-state index < -0.39 is 23.4 Å². The van der Waals surface area contributed by atoms with Gasteiger partial charge in [0, 0.05) is 12.0 Å². The average Bonchev–Trinajstić information content (AvgIpc) is 3.08. The molecule has 0 saturated heterocycles. The maximum absolute atomic E-state index is 14.5. The monoisotopic (exact) mass is 464 g/mol. The molecular formula is C30H28N2O3. The van der Waals surface area contributed by atoms with Crippen molar-refractivity contribution >= 4 is 29.0 Å². The van der Waals surface area contributed by atoms with Crippen LogP contribution in [-0.4, -0.2) is 34.2 Å². The molecule has 3 amide bonds. The first-order valence-corrected chi connectivity index (χ1v) is 11.8. The van der Waals surface area contributed by atoms with Crippen LogP contribution in [0.4, 0.5) is 5.69 Å². The van der Waals surface area contributed by atoms with Crippen molar-refractivity contribution in [2.45, 2.75) is 45.7 Å². The molecule has 5 nitrogen and oxygen atoms in total. The van der Waals surface area contributed by atoms with Gasteiger partial charge in [0.1, 0.15) is 6.04 Å². The summed E-state index contributed by atoms with van der Waals surface area (Å²) in [6, 6.07) is 21.3. The Bertz CT molecular complexity index is 1350. The summed E-state index contributed by atoms with van der Waals surface area (Å²) >= 11 is 0. The Morgan fingerprint density at radius 3 is 2.06 bits per heavy atom. The van der Waals surface area contributed by atoms with Gasteiger partial charge in [0.2, 0.25) is 0 Å². The van der Waals surface area contributed by atoms with Crippen LogP contribution >= 0.6 is 0 Å². The van der Waals surface area contributed by atoms with Crippen molar-refractivity contribution in [3.63, 3.8) is 0 Å². The fourth-order valence-electron chi connectivity index (χ4n) is 5.31. The third-order valence-electron chi connectivity index (χ3n) is 6.88. The first-order chi connectivity index (χ1) is 16.7. The lowest BCUT2D eigenvalue weighted by atomic mass is 9.87. The van der Waals surface area contributed by atoms with E-state index in [1.54, 1.807) is 29.2 Å². The van der Waals surface area contributed by atoms with Gasteiger partial charge in [-0.15, -0.1) is 0 Å². The number of imide groups is 1. The molecule has 176 valence electrons. The molecule has 1 atom stereocenters. The van der Waals surface area contributed by atoms with Gasteiger partial charge in [-0.25, -0.2) is 0 Å². The van der Waals surface area contributed by atoms with Gasteiger partial charge in [0.05, 0.1) is 22.4 Å². The van der Waals surface area contributed by atoms with E-state index in [1.165, 1.54) is 0 Å². The van der Waals surface area contributed by atoms with Crippen LogP contribution in [0.15, 0.2) is 78.9 Å². The Morgan fingerprint density at radius 1 is 0.829 bits per heavy atom. The van der Waals surface area contributed by atoms with Gasteiger partial charge in [-0.1, -0.05) is 60.2 Å². The maximum atomic E-state index is 14.5. The van der Waals surface area contributed by atoms with Gasteiger partial charge in [-0.05, 0) is 63.1 Å². The minimum absolute atomic E-state index is 0.238.